The first-order valence-corrected chi connectivity index (χ1v) is 9.49. The van der Waals surface area contributed by atoms with Crippen LogP contribution in [-0.4, -0.2) is 21.4 Å². The lowest BCUT2D eigenvalue weighted by molar-refractivity contribution is 0.251. The second-order valence-corrected chi connectivity index (χ2v) is 7.60. The number of rotatable bonds is 6. The maximum atomic E-state index is 12.0. The molecule has 2 aromatic rings. The second kappa shape index (κ2) is 8.24. The lowest BCUT2D eigenvalue weighted by atomic mass is 9.72. The van der Waals surface area contributed by atoms with Gasteiger partial charge in [-0.15, -0.1) is 5.10 Å². The number of nitrogen functional groups attached to an aromatic ring is 1. The third-order valence-electron chi connectivity index (χ3n) is 4.71. The van der Waals surface area contributed by atoms with Crippen LogP contribution in [0.25, 0.3) is 5.69 Å². The molecule has 0 saturated heterocycles. The summed E-state index contributed by atoms with van der Waals surface area (Å²) in [7, 11) is 0. The molecular formula is C19H20Cl2N4O3. The van der Waals surface area contributed by atoms with Crippen LogP contribution in [0.1, 0.15) is 19.8 Å². The van der Waals surface area contributed by atoms with E-state index in [1.165, 1.54) is 12.1 Å². The maximum absolute atomic E-state index is 12.0. The number of hydrogen-bond donors (Lipinski definition) is 2. The summed E-state index contributed by atoms with van der Waals surface area (Å²) >= 11 is 12.6. The Morgan fingerprint density at radius 3 is 2.61 bits per heavy atom. The van der Waals surface area contributed by atoms with E-state index in [-0.39, 0.29) is 28.2 Å². The maximum Gasteiger partial charge on any atom is 0.349 e. The average Bonchev–Trinajstić information content (AvgIpc) is 2.61. The quantitative estimate of drug-likeness (QED) is 0.694. The molecule has 0 radical (unpaired) electrons. The van der Waals surface area contributed by atoms with E-state index in [4.69, 9.17) is 33.7 Å². The number of nitrogens with two attached hydrogens (primary N) is 1. The van der Waals surface area contributed by atoms with Crippen molar-refractivity contribution in [2.75, 3.05) is 12.3 Å². The number of H-pyrrole nitrogens is 1. The predicted molar refractivity (Wildman–Crippen MR) is 111 cm³/mol. The van der Waals surface area contributed by atoms with E-state index in [9.17, 15) is 9.59 Å². The normalized spacial score (nSPS) is 19.2. The minimum absolute atomic E-state index is 0.201. The molecule has 0 atom stereocenters. The van der Waals surface area contributed by atoms with Crippen LogP contribution in [0.2, 0.25) is 10.0 Å². The summed E-state index contributed by atoms with van der Waals surface area (Å²) in [4.78, 5) is 25.4. The van der Waals surface area contributed by atoms with E-state index < -0.39 is 11.2 Å². The molecule has 3 N–H and O–H groups in total. The third kappa shape index (κ3) is 4.15. The minimum atomic E-state index is -0.760. The highest BCUT2D eigenvalue weighted by molar-refractivity contribution is 6.37. The summed E-state index contributed by atoms with van der Waals surface area (Å²) in [6, 6.07) is 2.92. The number of nitrogens with zero attached hydrogens (tertiary/aromatic N) is 2. The Bertz CT molecular complexity index is 1030. The van der Waals surface area contributed by atoms with Gasteiger partial charge >= 0.3 is 5.69 Å². The Morgan fingerprint density at radius 1 is 1.39 bits per heavy atom. The van der Waals surface area contributed by atoms with Crippen LogP contribution in [0.5, 0.6) is 5.75 Å². The van der Waals surface area contributed by atoms with Gasteiger partial charge in [0, 0.05) is 0 Å². The van der Waals surface area contributed by atoms with Gasteiger partial charge in [-0.3, -0.25) is 9.78 Å². The highest BCUT2D eigenvalue weighted by Gasteiger charge is 2.27. The van der Waals surface area contributed by atoms with Crippen LogP contribution in [0.15, 0.2) is 46.0 Å². The monoisotopic (exact) mass is 422 g/mol. The fourth-order valence-electron chi connectivity index (χ4n) is 3.21. The van der Waals surface area contributed by atoms with Crippen LogP contribution >= 0.6 is 23.2 Å². The van der Waals surface area contributed by atoms with Crippen LogP contribution in [-0.2, 0) is 0 Å². The summed E-state index contributed by atoms with van der Waals surface area (Å²) in [5.74, 6) is 1.21. The average molecular weight is 423 g/mol. The summed E-state index contributed by atoms with van der Waals surface area (Å²) in [6.45, 7) is 6.38. The highest BCUT2D eigenvalue weighted by atomic mass is 35.5. The molecule has 7 nitrogen and oxygen atoms in total. The number of ether oxygens (including phenoxy) is 1. The molecule has 28 heavy (non-hydrogen) atoms. The van der Waals surface area contributed by atoms with Crippen LogP contribution in [0.4, 0.5) is 5.82 Å². The van der Waals surface area contributed by atoms with Crippen molar-refractivity contribution in [3.8, 4) is 11.4 Å². The van der Waals surface area contributed by atoms with Crippen molar-refractivity contribution >= 4 is 29.0 Å². The number of aromatic nitrogens is 3. The number of anilines is 1. The molecule has 0 spiro atoms. The van der Waals surface area contributed by atoms with Gasteiger partial charge in [0.1, 0.15) is 6.61 Å². The number of allylic oxidation sites excluding steroid dienone is 2. The number of benzene rings is 1. The SMILES string of the molecule is C=C/C(=C\COc1c(Cl)cc(-n2nc(N)c(=O)[nH]c2=O)cc1Cl)C1CC(C)C1. The molecule has 1 heterocycles. The molecule has 3 rings (SSSR count). The van der Waals surface area contributed by atoms with Crippen molar-refractivity contribution in [1.82, 2.24) is 14.8 Å². The van der Waals surface area contributed by atoms with Gasteiger partial charge in [-0.1, -0.05) is 42.8 Å². The van der Waals surface area contributed by atoms with Crippen molar-refractivity contribution in [2.45, 2.75) is 19.8 Å². The first-order chi connectivity index (χ1) is 13.3. The smallest absolute Gasteiger partial charge is 0.349 e. The van der Waals surface area contributed by atoms with Crippen molar-refractivity contribution in [2.24, 2.45) is 11.8 Å². The summed E-state index contributed by atoms with van der Waals surface area (Å²) in [5.41, 5.74) is 5.36. The van der Waals surface area contributed by atoms with Gasteiger partial charge in [0.2, 0.25) is 5.82 Å². The summed E-state index contributed by atoms with van der Waals surface area (Å²) in [6.07, 6.45) is 6.12. The lowest BCUT2D eigenvalue weighted by Crippen LogP contribution is -2.33. The van der Waals surface area contributed by atoms with Crippen LogP contribution < -0.4 is 21.7 Å². The largest absolute Gasteiger partial charge is 0.486 e. The summed E-state index contributed by atoms with van der Waals surface area (Å²) < 4.78 is 6.64. The van der Waals surface area contributed by atoms with Crippen molar-refractivity contribution < 1.29 is 4.74 Å². The Hall–Kier alpha value is -2.51. The molecule has 1 aromatic heterocycles. The first-order valence-electron chi connectivity index (χ1n) is 8.74. The fourth-order valence-corrected chi connectivity index (χ4v) is 3.79. The van der Waals surface area contributed by atoms with Crippen molar-refractivity contribution in [1.29, 1.82) is 0 Å². The second-order valence-electron chi connectivity index (χ2n) is 6.79. The van der Waals surface area contributed by atoms with E-state index in [0.717, 1.165) is 29.0 Å². The van der Waals surface area contributed by atoms with Crippen LogP contribution in [0.3, 0.4) is 0 Å². The van der Waals surface area contributed by atoms with E-state index in [2.05, 4.69) is 23.6 Å². The molecule has 0 bridgehead atoms. The first kappa shape index (κ1) is 20.2. The topological polar surface area (TPSA) is 103 Å². The van der Waals surface area contributed by atoms with E-state index >= 15 is 0 Å². The number of nitrogens with one attached hydrogen (secondary N) is 1. The van der Waals surface area contributed by atoms with Gasteiger partial charge in [0.05, 0.1) is 15.7 Å². The number of hydrogen-bond acceptors (Lipinski definition) is 5. The minimum Gasteiger partial charge on any atom is -0.486 e. The van der Waals surface area contributed by atoms with Gasteiger partial charge in [0.25, 0.3) is 5.56 Å². The zero-order chi connectivity index (χ0) is 20.4. The Kier molecular flexibility index (Phi) is 5.96. The van der Waals surface area contributed by atoms with Gasteiger partial charge in [-0.2, -0.15) is 4.68 Å². The number of aromatic amines is 1. The zero-order valence-electron chi connectivity index (χ0n) is 15.2. The lowest BCUT2D eigenvalue weighted by Gasteiger charge is -2.33. The van der Waals surface area contributed by atoms with Crippen molar-refractivity contribution in [3.63, 3.8) is 0 Å². The summed E-state index contributed by atoms with van der Waals surface area (Å²) in [5, 5.41) is 4.15. The molecule has 1 fully saturated rings. The Morgan fingerprint density at radius 2 is 2.04 bits per heavy atom. The van der Waals surface area contributed by atoms with E-state index in [1.54, 1.807) is 0 Å². The Balaban J connectivity index is 1.81. The van der Waals surface area contributed by atoms with E-state index in [1.807, 2.05) is 12.2 Å². The molecule has 0 aliphatic heterocycles. The van der Waals surface area contributed by atoms with Gasteiger partial charge in [-0.05, 0) is 48.5 Å². The van der Waals surface area contributed by atoms with Gasteiger partial charge in [-0.25, -0.2) is 4.79 Å². The highest BCUT2D eigenvalue weighted by Crippen LogP contribution is 2.39. The van der Waals surface area contributed by atoms with Gasteiger partial charge in [0.15, 0.2) is 5.75 Å². The molecule has 1 aliphatic rings. The fraction of sp³-hybridized carbons (Fsp3) is 0.316. The molecule has 1 aliphatic carbocycles. The Labute approximate surface area is 171 Å². The standard InChI is InChI=1S/C19H20Cl2N4O3/c1-3-11(12-6-10(2)7-12)4-5-28-16-14(20)8-13(9-15(16)21)25-19(27)23-18(26)17(22)24-25/h3-4,8-10,12H,1,5-7H2,2H3,(H2,22,24)(H,23,26,27)/b11-4+. The molecule has 1 saturated carbocycles. The zero-order valence-corrected chi connectivity index (χ0v) is 16.8. The molecule has 1 aromatic carbocycles. The van der Waals surface area contributed by atoms with E-state index in [0.29, 0.717) is 11.7 Å². The molecule has 9 heteroatoms. The van der Waals surface area contributed by atoms with Crippen molar-refractivity contribution in [3.05, 3.63) is 67.3 Å². The molecule has 0 amide bonds. The third-order valence-corrected chi connectivity index (χ3v) is 5.27. The van der Waals surface area contributed by atoms with Gasteiger partial charge < -0.3 is 10.5 Å². The number of halogens is 2. The predicted octanol–water partition coefficient (Wildman–Crippen LogP) is 3.35. The van der Waals surface area contributed by atoms with Crippen LogP contribution in [0, 0.1) is 11.8 Å². The molecular weight excluding hydrogens is 403 g/mol. The molecule has 0 unspecified atom stereocenters. The molecule has 148 valence electrons.